The van der Waals surface area contributed by atoms with Crippen LogP contribution in [0.15, 0.2) is 34.9 Å². The molecular weight excluding hydrogens is 337 g/mol. The van der Waals surface area contributed by atoms with E-state index in [2.05, 4.69) is 10.5 Å². The van der Waals surface area contributed by atoms with E-state index < -0.39 is 22.5 Å². The monoisotopic (exact) mass is 355 g/mol. The molecular formula is C15H18FN3O4S. The molecule has 0 radical (unpaired) electrons. The minimum Gasteiger partial charge on any atom is -0.360 e. The molecule has 0 spiro atoms. The number of nitrogens with zero attached hydrogens (tertiary/aromatic N) is 2. The van der Waals surface area contributed by atoms with Crippen LogP contribution in [-0.2, 0) is 21.2 Å². The fraction of sp³-hybridized carbons (Fsp3) is 0.333. The molecule has 2 aromatic rings. The molecule has 2 rings (SSSR count). The molecule has 0 aliphatic rings. The highest BCUT2D eigenvalue weighted by Crippen LogP contribution is 2.16. The molecule has 0 fully saturated rings. The van der Waals surface area contributed by atoms with Crippen molar-refractivity contribution in [2.24, 2.45) is 0 Å². The standard InChI is InChI=1S/C15H18FN3O4S/c1-11-9-14(18-23-11)19(24(2,21)22)10-15(20)17-8-7-12-3-5-13(16)6-4-12/h3-6,9H,7-8,10H2,1-2H3,(H,17,20). The van der Waals surface area contributed by atoms with Crippen LogP contribution in [0.2, 0.25) is 0 Å². The summed E-state index contributed by atoms with van der Waals surface area (Å²) in [5, 5.41) is 6.26. The van der Waals surface area contributed by atoms with Crippen LogP contribution in [0.3, 0.4) is 0 Å². The number of rotatable bonds is 7. The van der Waals surface area contributed by atoms with Gasteiger partial charge in [0, 0.05) is 12.6 Å². The van der Waals surface area contributed by atoms with Gasteiger partial charge in [-0.3, -0.25) is 4.79 Å². The number of benzene rings is 1. The molecule has 24 heavy (non-hydrogen) atoms. The highest BCUT2D eigenvalue weighted by atomic mass is 32.2. The van der Waals surface area contributed by atoms with Crippen molar-refractivity contribution < 1.29 is 22.1 Å². The number of halogens is 1. The van der Waals surface area contributed by atoms with E-state index in [1.54, 1.807) is 19.1 Å². The van der Waals surface area contributed by atoms with Gasteiger partial charge in [-0.2, -0.15) is 0 Å². The molecule has 1 heterocycles. The van der Waals surface area contributed by atoms with Crippen molar-refractivity contribution in [1.82, 2.24) is 10.5 Å². The van der Waals surface area contributed by atoms with Crippen molar-refractivity contribution in [3.05, 3.63) is 47.5 Å². The Hall–Kier alpha value is -2.42. The average molecular weight is 355 g/mol. The zero-order valence-electron chi connectivity index (χ0n) is 13.3. The van der Waals surface area contributed by atoms with Crippen LogP contribution >= 0.6 is 0 Å². The summed E-state index contributed by atoms with van der Waals surface area (Å²) in [5.41, 5.74) is 0.865. The fourth-order valence-electron chi connectivity index (χ4n) is 2.02. The molecule has 1 aromatic carbocycles. The summed E-state index contributed by atoms with van der Waals surface area (Å²) in [7, 11) is -3.67. The van der Waals surface area contributed by atoms with Gasteiger partial charge in [-0.1, -0.05) is 17.3 Å². The second-order valence-electron chi connectivity index (χ2n) is 5.29. The van der Waals surface area contributed by atoms with Crippen LogP contribution in [0.5, 0.6) is 0 Å². The highest BCUT2D eigenvalue weighted by molar-refractivity contribution is 7.92. The van der Waals surface area contributed by atoms with Gasteiger partial charge in [-0.15, -0.1) is 0 Å². The Bertz CT molecular complexity index is 802. The first-order chi connectivity index (χ1) is 11.3. The molecule has 7 nitrogen and oxygen atoms in total. The van der Waals surface area contributed by atoms with Gasteiger partial charge < -0.3 is 9.84 Å². The number of anilines is 1. The van der Waals surface area contributed by atoms with Crippen LogP contribution in [0.4, 0.5) is 10.2 Å². The molecule has 1 amide bonds. The number of hydrogen-bond acceptors (Lipinski definition) is 5. The number of sulfonamides is 1. The fourth-order valence-corrected chi connectivity index (χ4v) is 2.80. The summed E-state index contributed by atoms with van der Waals surface area (Å²) in [6.07, 6.45) is 1.50. The highest BCUT2D eigenvalue weighted by Gasteiger charge is 2.23. The van der Waals surface area contributed by atoms with Gasteiger partial charge in [0.05, 0.1) is 6.26 Å². The lowest BCUT2D eigenvalue weighted by molar-refractivity contribution is -0.119. The molecule has 0 bridgehead atoms. The third-order valence-electron chi connectivity index (χ3n) is 3.21. The zero-order chi connectivity index (χ0) is 17.7. The molecule has 0 unspecified atom stereocenters. The second-order valence-corrected chi connectivity index (χ2v) is 7.20. The van der Waals surface area contributed by atoms with Crippen molar-refractivity contribution in [2.75, 3.05) is 23.7 Å². The summed E-state index contributed by atoms with van der Waals surface area (Å²) in [6, 6.07) is 7.38. The molecule has 0 saturated heterocycles. The van der Waals surface area contributed by atoms with Crippen LogP contribution in [0, 0.1) is 12.7 Å². The Balaban J connectivity index is 1.92. The largest absolute Gasteiger partial charge is 0.360 e. The number of hydrogen-bond donors (Lipinski definition) is 1. The zero-order valence-corrected chi connectivity index (χ0v) is 14.1. The van der Waals surface area contributed by atoms with E-state index in [1.165, 1.54) is 18.2 Å². The number of amides is 1. The maximum Gasteiger partial charge on any atom is 0.240 e. The number of carbonyl (C=O) groups excluding carboxylic acids is 1. The Morgan fingerprint density at radius 3 is 2.54 bits per heavy atom. The molecule has 1 aromatic heterocycles. The Morgan fingerprint density at radius 1 is 1.33 bits per heavy atom. The van der Waals surface area contributed by atoms with Crippen molar-refractivity contribution in [3.63, 3.8) is 0 Å². The molecule has 0 aliphatic carbocycles. The molecule has 0 aliphatic heterocycles. The second kappa shape index (κ2) is 7.43. The maximum atomic E-state index is 12.8. The summed E-state index contributed by atoms with van der Waals surface area (Å²) in [6.45, 7) is 1.54. The molecule has 0 saturated carbocycles. The third-order valence-corrected chi connectivity index (χ3v) is 4.32. The van der Waals surface area contributed by atoms with E-state index in [0.717, 1.165) is 16.1 Å². The number of aromatic nitrogens is 1. The first-order valence-corrected chi connectivity index (χ1v) is 9.03. The van der Waals surface area contributed by atoms with Gasteiger partial charge in [0.25, 0.3) is 0 Å². The van der Waals surface area contributed by atoms with E-state index in [4.69, 9.17) is 4.52 Å². The SMILES string of the molecule is Cc1cc(N(CC(=O)NCCc2ccc(F)cc2)S(C)(=O)=O)no1. The van der Waals surface area contributed by atoms with E-state index in [-0.39, 0.29) is 11.6 Å². The summed E-state index contributed by atoms with van der Waals surface area (Å²) in [4.78, 5) is 12.0. The lowest BCUT2D eigenvalue weighted by Gasteiger charge is -2.18. The summed E-state index contributed by atoms with van der Waals surface area (Å²) < 4.78 is 42.2. The quantitative estimate of drug-likeness (QED) is 0.807. The normalized spacial score (nSPS) is 11.3. The molecule has 1 N–H and O–H groups in total. The van der Waals surface area contributed by atoms with Gasteiger partial charge in [0.2, 0.25) is 15.9 Å². The number of aryl methyl sites for hydroxylation is 1. The van der Waals surface area contributed by atoms with E-state index >= 15 is 0 Å². The Kier molecular flexibility index (Phi) is 5.55. The van der Waals surface area contributed by atoms with Gasteiger partial charge in [-0.05, 0) is 31.0 Å². The maximum absolute atomic E-state index is 12.8. The lowest BCUT2D eigenvalue weighted by Crippen LogP contribution is -2.41. The predicted molar refractivity (Wildman–Crippen MR) is 86.5 cm³/mol. The minimum atomic E-state index is -3.67. The lowest BCUT2D eigenvalue weighted by atomic mass is 10.1. The number of carbonyl (C=O) groups is 1. The minimum absolute atomic E-state index is 0.0590. The molecule has 130 valence electrons. The average Bonchev–Trinajstić information content (AvgIpc) is 2.92. The van der Waals surface area contributed by atoms with Crippen molar-refractivity contribution in [3.8, 4) is 0 Å². The van der Waals surface area contributed by atoms with Crippen LogP contribution in [-0.4, -0.2) is 38.8 Å². The first kappa shape index (κ1) is 17.9. The van der Waals surface area contributed by atoms with Gasteiger partial charge in [0.1, 0.15) is 18.1 Å². The van der Waals surface area contributed by atoms with E-state index in [9.17, 15) is 17.6 Å². The van der Waals surface area contributed by atoms with E-state index in [0.29, 0.717) is 18.7 Å². The van der Waals surface area contributed by atoms with Crippen molar-refractivity contribution in [2.45, 2.75) is 13.3 Å². The molecule has 0 atom stereocenters. The first-order valence-electron chi connectivity index (χ1n) is 7.18. The Labute approximate surface area is 139 Å². The topological polar surface area (TPSA) is 92.5 Å². The predicted octanol–water partition coefficient (Wildman–Crippen LogP) is 1.25. The summed E-state index contributed by atoms with van der Waals surface area (Å²) in [5.74, 6) is -0.295. The van der Waals surface area contributed by atoms with Gasteiger partial charge in [-0.25, -0.2) is 17.1 Å². The van der Waals surface area contributed by atoms with Crippen LogP contribution in [0.25, 0.3) is 0 Å². The third kappa shape index (κ3) is 5.05. The van der Waals surface area contributed by atoms with Crippen molar-refractivity contribution in [1.29, 1.82) is 0 Å². The van der Waals surface area contributed by atoms with E-state index in [1.807, 2.05) is 0 Å². The number of nitrogens with one attached hydrogen (secondary N) is 1. The van der Waals surface area contributed by atoms with Crippen LogP contribution < -0.4 is 9.62 Å². The Morgan fingerprint density at radius 2 is 2.00 bits per heavy atom. The van der Waals surface area contributed by atoms with Crippen LogP contribution in [0.1, 0.15) is 11.3 Å². The van der Waals surface area contributed by atoms with Crippen molar-refractivity contribution >= 4 is 21.7 Å². The smallest absolute Gasteiger partial charge is 0.240 e. The van der Waals surface area contributed by atoms with Gasteiger partial charge >= 0.3 is 0 Å². The van der Waals surface area contributed by atoms with Gasteiger partial charge in [0.15, 0.2) is 5.82 Å². The summed E-state index contributed by atoms with van der Waals surface area (Å²) >= 11 is 0. The molecule has 9 heteroatoms.